The lowest BCUT2D eigenvalue weighted by molar-refractivity contribution is 0.113. The molecule has 2 N–H and O–H groups in total. The summed E-state index contributed by atoms with van der Waals surface area (Å²) in [6, 6.07) is 0. The smallest absolute Gasteiger partial charge is 0.249 e. The van der Waals surface area contributed by atoms with Crippen LogP contribution in [-0.2, 0) is 10.0 Å². The van der Waals surface area contributed by atoms with Crippen LogP contribution in [0.4, 0.5) is 0 Å². The highest BCUT2D eigenvalue weighted by molar-refractivity contribution is 7.99. The van der Waals surface area contributed by atoms with Gasteiger partial charge in [0.05, 0.1) is 19.0 Å². The van der Waals surface area contributed by atoms with E-state index in [1.54, 1.807) is 0 Å². The zero-order valence-electron chi connectivity index (χ0n) is 8.83. The first-order valence-electron chi connectivity index (χ1n) is 4.47. The fourth-order valence-corrected chi connectivity index (χ4v) is 2.10. The molecule has 2 unspecified atom stereocenters. The van der Waals surface area contributed by atoms with Gasteiger partial charge >= 0.3 is 0 Å². The van der Waals surface area contributed by atoms with Gasteiger partial charge < -0.3 is 10.2 Å². The van der Waals surface area contributed by atoms with Crippen LogP contribution in [-0.4, -0.2) is 55.3 Å². The lowest BCUT2D eigenvalue weighted by Gasteiger charge is -2.08. The number of hydrogen-bond donors (Lipinski definition) is 2. The van der Waals surface area contributed by atoms with Crippen LogP contribution in [0.2, 0.25) is 0 Å². The van der Waals surface area contributed by atoms with Gasteiger partial charge in [-0.1, -0.05) is 6.92 Å². The van der Waals surface area contributed by atoms with Crippen LogP contribution in [0.1, 0.15) is 6.92 Å². The molecular weight excluding hydrogens is 238 g/mol. The largest absolute Gasteiger partial charge is 0.394 e. The number of rotatable bonds is 7. The van der Waals surface area contributed by atoms with Crippen molar-refractivity contribution in [2.24, 2.45) is 10.3 Å². The highest BCUT2D eigenvalue weighted by atomic mass is 32.2. The lowest BCUT2D eigenvalue weighted by atomic mass is 10.2. The average Bonchev–Trinajstić information content (AvgIpc) is 2.13. The quantitative estimate of drug-likeness (QED) is 0.612. The van der Waals surface area contributed by atoms with Gasteiger partial charge in [-0.15, -0.1) is 0 Å². The number of sulfonamides is 1. The number of nitrogens with zero attached hydrogens (tertiary/aromatic N) is 1. The lowest BCUT2D eigenvalue weighted by Crippen LogP contribution is -2.16. The van der Waals surface area contributed by atoms with Crippen molar-refractivity contribution in [1.29, 1.82) is 0 Å². The normalized spacial score (nSPS) is 16.8. The fraction of sp³-hybridized carbons (Fsp3) is 0.875. The Labute approximate surface area is 94.7 Å². The van der Waals surface area contributed by atoms with Crippen LogP contribution < -0.4 is 0 Å². The molecule has 90 valence electrons. The third kappa shape index (κ3) is 10.2. The molecule has 0 aromatic rings. The summed E-state index contributed by atoms with van der Waals surface area (Å²) in [7, 11) is -3.29. The Morgan fingerprint density at radius 1 is 1.47 bits per heavy atom. The number of aliphatic hydroxyl groups is 2. The Morgan fingerprint density at radius 2 is 2.07 bits per heavy atom. The molecule has 0 saturated heterocycles. The summed E-state index contributed by atoms with van der Waals surface area (Å²) in [5.41, 5.74) is 0. The molecule has 0 aliphatic rings. The van der Waals surface area contributed by atoms with Crippen molar-refractivity contribution in [2.45, 2.75) is 13.0 Å². The summed E-state index contributed by atoms with van der Waals surface area (Å²) in [5, 5.41) is 17.6. The van der Waals surface area contributed by atoms with Crippen LogP contribution in [0, 0.1) is 5.92 Å². The number of thioether (sulfide) groups is 1. The number of aliphatic hydroxyl groups excluding tert-OH is 2. The van der Waals surface area contributed by atoms with Gasteiger partial charge in [0.15, 0.2) is 0 Å². The van der Waals surface area contributed by atoms with Gasteiger partial charge in [0.25, 0.3) is 0 Å². The molecule has 0 heterocycles. The van der Waals surface area contributed by atoms with Gasteiger partial charge in [-0.3, -0.25) is 0 Å². The minimum absolute atomic E-state index is 0.0237. The molecule has 5 nitrogen and oxygen atoms in total. The van der Waals surface area contributed by atoms with Gasteiger partial charge in [0.1, 0.15) is 0 Å². The van der Waals surface area contributed by atoms with E-state index in [4.69, 9.17) is 10.2 Å². The van der Waals surface area contributed by atoms with E-state index in [9.17, 15) is 8.42 Å². The van der Waals surface area contributed by atoms with Crippen molar-refractivity contribution in [3.8, 4) is 0 Å². The minimum Gasteiger partial charge on any atom is -0.394 e. The molecular formula is C8H17NO4S2. The van der Waals surface area contributed by atoms with E-state index in [1.165, 1.54) is 18.0 Å². The molecule has 0 amide bonds. The molecule has 0 spiro atoms. The molecule has 7 heteroatoms. The third-order valence-electron chi connectivity index (χ3n) is 1.41. The molecule has 15 heavy (non-hydrogen) atoms. The van der Waals surface area contributed by atoms with Gasteiger partial charge in [-0.25, -0.2) is 8.42 Å². The fourth-order valence-electron chi connectivity index (χ4n) is 0.700. The van der Waals surface area contributed by atoms with E-state index in [2.05, 4.69) is 4.40 Å². The molecule has 0 rings (SSSR count). The van der Waals surface area contributed by atoms with Crippen LogP contribution in [0.15, 0.2) is 4.40 Å². The highest BCUT2D eigenvalue weighted by Crippen LogP contribution is 2.08. The Balaban J connectivity index is 3.76. The van der Waals surface area contributed by atoms with E-state index in [-0.39, 0.29) is 12.5 Å². The molecule has 2 atom stereocenters. The molecule has 0 aromatic carbocycles. The minimum atomic E-state index is -3.29. The predicted octanol–water partition coefficient (Wildman–Crippen LogP) is -0.261. The molecule has 0 fully saturated rings. The van der Waals surface area contributed by atoms with Gasteiger partial charge in [-0.2, -0.15) is 16.2 Å². The van der Waals surface area contributed by atoms with Crippen LogP contribution in [0.5, 0.6) is 0 Å². The zero-order chi connectivity index (χ0) is 11.9. The van der Waals surface area contributed by atoms with Crippen LogP contribution in [0.25, 0.3) is 0 Å². The van der Waals surface area contributed by atoms with Crippen molar-refractivity contribution < 1.29 is 18.6 Å². The second kappa shape index (κ2) is 7.21. The Bertz CT molecular complexity index is 289. The van der Waals surface area contributed by atoms with Crippen molar-refractivity contribution in [3.63, 3.8) is 0 Å². The molecule has 0 saturated carbocycles. The van der Waals surface area contributed by atoms with Gasteiger partial charge in [0.2, 0.25) is 10.0 Å². The molecule has 0 aliphatic carbocycles. The molecule has 0 bridgehead atoms. The summed E-state index contributed by atoms with van der Waals surface area (Å²) < 4.78 is 24.8. The van der Waals surface area contributed by atoms with E-state index < -0.39 is 16.1 Å². The third-order valence-corrected chi connectivity index (χ3v) is 3.30. The molecule has 0 radical (unpaired) electrons. The van der Waals surface area contributed by atoms with Crippen LogP contribution >= 0.6 is 11.8 Å². The summed E-state index contributed by atoms with van der Waals surface area (Å²) in [5.74, 6) is 1.12. The van der Waals surface area contributed by atoms with E-state index in [0.29, 0.717) is 11.5 Å². The van der Waals surface area contributed by atoms with Gasteiger partial charge in [0, 0.05) is 23.6 Å². The monoisotopic (exact) mass is 255 g/mol. The highest BCUT2D eigenvalue weighted by Gasteiger charge is 2.05. The number of hydrogen-bond acceptors (Lipinski definition) is 5. The summed E-state index contributed by atoms with van der Waals surface area (Å²) in [4.78, 5) is 0. The van der Waals surface area contributed by atoms with E-state index in [0.717, 1.165) is 6.26 Å². The summed E-state index contributed by atoms with van der Waals surface area (Å²) in [6.45, 7) is 1.59. The van der Waals surface area contributed by atoms with Crippen molar-refractivity contribution in [1.82, 2.24) is 0 Å². The predicted molar refractivity (Wildman–Crippen MR) is 62.9 cm³/mol. The maximum Gasteiger partial charge on any atom is 0.249 e. The Kier molecular flexibility index (Phi) is 7.16. The maximum absolute atomic E-state index is 10.7. The first-order valence-corrected chi connectivity index (χ1v) is 7.47. The van der Waals surface area contributed by atoms with Crippen molar-refractivity contribution in [3.05, 3.63) is 0 Å². The Morgan fingerprint density at radius 3 is 2.53 bits per heavy atom. The standard InChI is InChI=1S/C8H17NO4S2/c1-7(3-9-15(2,12)13)5-14-6-8(11)4-10/h3,7-8,10-11H,4-6H2,1-2H3/b9-3+. The van der Waals surface area contributed by atoms with E-state index >= 15 is 0 Å². The topological polar surface area (TPSA) is 87.0 Å². The van der Waals surface area contributed by atoms with E-state index in [1.807, 2.05) is 6.92 Å². The first kappa shape index (κ1) is 14.9. The zero-order valence-corrected chi connectivity index (χ0v) is 10.5. The maximum atomic E-state index is 10.7. The average molecular weight is 255 g/mol. The summed E-state index contributed by atoms with van der Waals surface area (Å²) in [6.07, 6.45) is 1.71. The SMILES string of the molecule is CC(/C=N/S(C)(=O)=O)CSCC(O)CO. The van der Waals surface area contributed by atoms with Gasteiger partial charge in [-0.05, 0) is 0 Å². The second-order valence-corrected chi connectivity index (χ2v) is 6.09. The Hall–Kier alpha value is -0.110. The second-order valence-electron chi connectivity index (χ2n) is 3.34. The van der Waals surface area contributed by atoms with Crippen molar-refractivity contribution >= 4 is 28.0 Å². The van der Waals surface area contributed by atoms with Crippen molar-refractivity contribution in [2.75, 3.05) is 24.4 Å². The molecule has 0 aromatic heterocycles. The van der Waals surface area contributed by atoms with Crippen LogP contribution in [0.3, 0.4) is 0 Å². The molecule has 0 aliphatic heterocycles. The summed E-state index contributed by atoms with van der Waals surface area (Å²) >= 11 is 1.45. The first-order chi connectivity index (χ1) is 6.85.